The zero-order valence-corrected chi connectivity index (χ0v) is 11.0. The minimum absolute atomic E-state index is 0.405. The molecule has 1 atom stereocenters. The molecule has 4 heteroatoms. The van der Waals surface area contributed by atoms with Crippen LogP contribution in [0.5, 0.6) is 0 Å². The van der Waals surface area contributed by atoms with Crippen molar-refractivity contribution in [2.75, 3.05) is 45.8 Å². The molecule has 0 aromatic heterocycles. The number of nitrogens with two attached hydrogens (primary N) is 1. The number of piperidine rings is 1. The zero-order chi connectivity index (χ0) is 11.9. The molecule has 2 aliphatic rings. The second-order valence-electron chi connectivity index (χ2n) is 5.35. The molecular weight excluding hydrogens is 212 g/mol. The van der Waals surface area contributed by atoms with Gasteiger partial charge in [-0.3, -0.25) is 10.2 Å². The fourth-order valence-electron chi connectivity index (χ4n) is 2.99. The molecule has 2 aliphatic heterocycles. The van der Waals surface area contributed by atoms with Crippen LogP contribution in [0.25, 0.3) is 0 Å². The standard InChI is InChI=1S/C13H28N4/c14-12-13(17-9-4-5-10-17)15-6-11-16-7-2-1-3-8-16/h13,15H,1-12,14H2. The van der Waals surface area contributed by atoms with Crippen LogP contribution in [-0.4, -0.2) is 61.8 Å². The van der Waals surface area contributed by atoms with Crippen LogP contribution in [0.1, 0.15) is 32.1 Å². The monoisotopic (exact) mass is 240 g/mol. The normalized spacial score (nSPS) is 25.2. The van der Waals surface area contributed by atoms with Gasteiger partial charge >= 0.3 is 0 Å². The van der Waals surface area contributed by atoms with E-state index in [2.05, 4.69) is 15.1 Å². The van der Waals surface area contributed by atoms with Gasteiger partial charge in [-0.05, 0) is 51.9 Å². The maximum Gasteiger partial charge on any atom is 0.0724 e. The van der Waals surface area contributed by atoms with Crippen molar-refractivity contribution < 1.29 is 0 Å². The molecule has 2 saturated heterocycles. The van der Waals surface area contributed by atoms with E-state index in [1.165, 1.54) is 64.8 Å². The molecule has 0 saturated carbocycles. The third-order valence-corrected chi connectivity index (χ3v) is 4.06. The second-order valence-corrected chi connectivity index (χ2v) is 5.35. The Morgan fingerprint density at radius 2 is 1.59 bits per heavy atom. The Labute approximate surface area is 106 Å². The first-order chi connectivity index (χ1) is 8.40. The van der Waals surface area contributed by atoms with Gasteiger partial charge in [-0.1, -0.05) is 6.42 Å². The van der Waals surface area contributed by atoms with E-state index in [1.807, 2.05) is 0 Å². The van der Waals surface area contributed by atoms with Crippen LogP contribution < -0.4 is 11.1 Å². The van der Waals surface area contributed by atoms with Gasteiger partial charge in [0.05, 0.1) is 6.17 Å². The summed E-state index contributed by atoms with van der Waals surface area (Å²) in [5.41, 5.74) is 5.85. The number of hydrogen-bond acceptors (Lipinski definition) is 4. The Balaban J connectivity index is 1.61. The van der Waals surface area contributed by atoms with Gasteiger partial charge in [0.15, 0.2) is 0 Å². The van der Waals surface area contributed by atoms with E-state index in [9.17, 15) is 0 Å². The molecule has 0 aromatic rings. The summed E-state index contributed by atoms with van der Waals surface area (Å²) in [5, 5.41) is 3.62. The molecule has 2 heterocycles. The van der Waals surface area contributed by atoms with Crippen molar-refractivity contribution in [1.82, 2.24) is 15.1 Å². The summed E-state index contributed by atoms with van der Waals surface area (Å²) in [4.78, 5) is 5.07. The van der Waals surface area contributed by atoms with E-state index in [0.717, 1.165) is 13.1 Å². The van der Waals surface area contributed by atoms with Crippen LogP contribution in [0.3, 0.4) is 0 Å². The highest BCUT2D eigenvalue weighted by atomic mass is 15.3. The lowest BCUT2D eigenvalue weighted by atomic mass is 10.1. The van der Waals surface area contributed by atoms with Crippen molar-refractivity contribution in [3.8, 4) is 0 Å². The highest BCUT2D eigenvalue weighted by Crippen LogP contribution is 2.10. The van der Waals surface area contributed by atoms with Gasteiger partial charge in [-0.25, -0.2) is 0 Å². The first-order valence-corrected chi connectivity index (χ1v) is 7.30. The summed E-state index contributed by atoms with van der Waals surface area (Å²) in [6.45, 7) is 8.03. The second kappa shape index (κ2) is 7.31. The predicted molar refractivity (Wildman–Crippen MR) is 71.9 cm³/mol. The van der Waals surface area contributed by atoms with Crippen LogP contribution in [0.4, 0.5) is 0 Å². The molecule has 2 rings (SSSR count). The van der Waals surface area contributed by atoms with Crippen LogP contribution >= 0.6 is 0 Å². The maximum absolute atomic E-state index is 5.85. The third-order valence-electron chi connectivity index (χ3n) is 4.06. The summed E-state index contributed by atoms with van der Waals surface area (Å²) < 4.78 is 0. The van der Waals surface area contributed by atoms with E-state index < -0.39 is 0 Å². The number of likely N-dealkylation sites (tertiary alicyclic amines) is 2. The van der Waals surface area contributed by atoms with Gasteiger partial charge < -0.3 is 10.6 Å². The molecule has 17 heavy (non-hydrogen) atoms. The Morgan fingerprint density at radius 3 is 2.24 bits per heavy atom. The van der Waals surface area contributed by atoms with Gasteiger partial charge in [-0.2, -0.15) is 0 Å². The van der Waals surface area contributed by atoms with E-state index >= 15 is 0 Å². The zero-order valence-electron chi connectivity index (χ0n) is 11.0. The molecule has 0 radical (unpaired) electrons. The Morgan fingerprint density at radius 1 is 0.941 bits per heavy atom. The predicted octanol–water partition coefficient (Wildman–Crippen LogP) is 0.443. The molecule has 1 unspecified atom stereocenters. The summed E-state index contributed by atoms with van der Waals surface area (Å²) in [5.74, 6) is 0. The van der Waals surface area contributed by atoms with Gasteiger partial charge in [0.25, 0.3) is 0 Å². The SMILES string of the molecule is NCC(NCCN1CCCCC1)N1CCCC1. The van der Waals surface area contributed by atoms with Crippen molar-refractivity contribution in [2.24, 2.45) is 5.73 Å². The maximum atomic E-state index is 5.85. The van der Waals surface area contributed by atoms with E-state index in [0.29, 0.717) is 6.17 Å². The third kappa shape index (κ3) is 4.21. The molecule has 2 fully saturated rings. The van der Waals surface area contributed by atoms with Crippen LogP contribution in [0, 0.1) is 0 Å². The van der Waals surface area contributed by atoms with Crippen LogP contribution in [-0.2, 0) is 0 Å². The molecule has 4 nitrogen and oxygen atoms in total. The minimum atomic E-state index is 0.405. The molecule has 0 aromatic carbocycles. The molecular formula is C13H28N4. The fourth-order valence-corrected chi connectivity index (χ4v) is 2.99. The number of hydrogen-bond donors (Lipinski definition) is 2. The van der Waals surface area contributed by atoms with E-state index in [-0.39, 0.29) is 0 Å². The highest BCUT2D eigenvalue weighted by Gasteiger charge is 2.20. The van der Waals surface area contributed by atoms with Gasteiger partial charge in [0.2, 0.25) is 0 Å². The number of nitrogens with one attached hydrogen (secondary N) is 1. The fraction of sp³-hybridized carbons (Fsp3) is 1.00. The molecule has 0 aliphatic carbocycles. The molecule has 3 N–H and O–H groups in total. The van der Waals surface area contributed by atoms with Gasteiger partial charge in [0, 0.05) is 19.6 Å². The van der Waals surface area contributed by atoms with Gasteiger partial charge in [0.1, 0.15) is 0 Å². The topological polar surface area (TPSA) is 44.5 Å². The molecule has 100 valence electrons. The van der Waals surface area contributed by atoms with Crippen LogP contribution in [0.15, 0.2) is 0 Å². The average molecular weight is 240 g/mol. The van der Waals surface area contributed by atoms with Crippen molar-refractivity contribution in [3.63, 3.8) is 0 Å². The van der Waals surface area contributed by atoms with Gasteiger partial charge in [-0.15, -0.1) is 0 Å². The molecule has 0 amide bonds. The lowest BCUT2D eigenvalue weighted by molar-refractivity contribution is 0.185. The van der Waals surface area contributed by atoms with Crippen molar-refractivity contribution in [1.29, 1.82) is 0 Å². The number of rotatable bonds is 6. The Bertz CT molecular complexity index is 198. The summed E-state index contributed by atoms with van der Waals surface area (Å²) in [6, 6.07) is 0. The molecule has 0 spiro atoms. The highest BCUT2D eigenvalue weighted by molar-refractivity contribution is 4.76. The van der Waals surface area contributed by atoms with Crippen molar-refractivity contribution in [2.45, 2.75) is 38.3 Å². The average Bonchev–Trinajstić information content (AvgIpc) is 2.90. The van der Waals surface area contributed by atoms with Crippen LogP contribution in [0.2, 0.25) is 0 Å². The lowest BCUT2D eigenvalue weighted by Crippen LogP contribution is -2.51. The van der Waals surface area contributed by atoms with Crippen molar-refractivity contribution >= 4 is 0 Å². The van der Waals surface area contributed by atoms with E-state index in [1.54, 1.807) is 0 Å². The summed E-state index contributed by atoms with van der Waals surface area (Å²) >= 11 is 0. The van der Waals surface area contributed by atoms with E-state index in [4.69, 9.17) is 5.73 Å². The Kier molecular flexibility index (Phi) is 5.71. The largest absolute Gasteiger partial charge is 0.328 e. The molecule has 0 bridgehead atoms. The Hall–Kier alpha value is -0.160. The smallest absolute Gasteiger partial charge is 0.0724 e. The first kappa shape index (κ1) is 13.3. The van der Waals surface area contributed by atoms with Crippen molar-refractivity contribution in [3.05, 3.63) is 0 Å². The first-order valence-electron chi connectivity index (χ1n) is 7.30. The summed E-state index contributed by atoms with van der Waals surface area (Å²) in [6.07, 6.45) is 7.26. The minimum Gasteiger partial charge on any atom is -0.328 e. The quantitative estimate of drug-likeness (QED) is 0.707. The summed E-state index contributed by atoms with van der Waals surface area (Å²) in [7, 11) is 0. The number of nitrogens with zero attached hydrogens (tertiary/aromatic N) is 2. The lowest BCUT2D eigenvalue weighted by Gasteiger charge is -2.30.